The van der Waals surface area contributed by atoms with Crippen LogP contribution in [0.4, 0.5) is 0 Å². The molecule has 0 rings (SSSR count). The number of hydrogen-bond acceptors (Lipinski definition) is 4. The van der Waals surface area contributed by atoms with E-state index in [9.17, 15) is 20.0 Å². The fourth-order valence-corrected chi connectivity index (χ4v) is 2.25. The normalized spacial score (nSPS) is 14.9. The van der Waals surface area contributed by atoms with Gasteiger partial charge in [-0.25, -0.2) is 0 Å². The molecule has 0 aliphatic rings. The summed E-state index contributed by atoms with van der Waals surface area (Å²) in [4.78, 5) is 20.7. The summed E-state index contributed by atoms with van der Waals surface area (Å²) in [5, 5.41) is 21.1. The molecule has 0 fully saturated rings. The molecule has 0 aliphatic carbocycles. The van der Waals surface area contributed by atoms with Crippen molar-refractivity contribution in [2.75, 3.05) is 0 Å². The average molecular weight is 375 g/mol. The number of nitrogens with zero attached hydrogens (tertiary/aromatic N) is 1. The molecule has 0 aromatic rings. The maximum Gasteiger partial charge on any atom is 0.242 e. The zero-order valence-electron chi connectivity index (χ0n) is 16.2. The first-order valence-corrected chi connectivity index (χ1v) is 9.55. The molecule has 0 aromatic heterocycles. The predicted molar refractivity (Wildman–Crippen MR) is 111 cm³/mol. The third-order valence-corrected chi connectivity index (χ3v) is 3.77. The standard InChI is InChI=1S/C22H32NO4/c1-2-3-4-5-6-7-8-9-10-11-12-16-19-22(25)21(23(26)27)18-15-13-14-17-20-24/h3-4,6-7,9-10,12-13,15-16,21-22,25H,2,5,8,11,14,17-19H2,1H3/b4-3-,7-6-,10-9-,15-13-,16-12-. The SMILES string of the molecule is CC/C=C\C/C=C\C/C=C\C/C=C\CC(O)C(C/C=C\CC[C]=O)[N+](=O)[O-]. The highest BCUT2D eigenvalue weighted by atomic mass is 16.6. The number of nitro groups is 1. The lowest BCUT2D eigenvalue weighted by molar-refractivity contribution is -0.533. The number of aliphatic hydroxyl groups excluding tert-OH is 1. The Balaban J connectivity index is 4.07. The molecule has 1 N–H and O–H groups in total. The van der Waals surface area contributed by atoms with E-state index < -0.39 is 17.1 Å². The smallest absolute Gasteiger partial charge is 0.242 e. The van der Waals surface area contributed by atoms with E-state index in [2.05, 4.69) is 37.3 Å². The van der Waals surface area contributed by atoms with Crippen molar-refractivity contribution >= 4 is 6.29 Å². The minimum absolute atomic E-state index is 0.153. The summed E-state index contributed by atoms with van der Waals surface area (Å²) in [6.07, 6.45) is 25.3. The molecule has 0 saturated heterocycles. The van der Waals surface area contributed by atoms with Gasteiger partial charge in [-0.15, -0.1) is 0 Å². The van der Waals surface area contributed by atoms with E-state index in [0.29, 0.717) is 6.42 Å². The Kier molecular flexibility index (Phi) is 17.0. The van der Waals surface area contributed by atoms with Gasteiger partial charge < -0.3 is 5.11 Å². The molecule has 2 atom stereocenters. The Bertz CT molecular complexity index is 532. The number of carbonyl (C=O) groups excluding carboxylic acids is 1. The van der Waals surface area contributed by atoms with E-state index in [4.69, 9.17) is 0 Å². The first-order chi connectivity index (χ1) is 13.1. The summed E-state index contributed by atoms with van der Waals surface area (Å²) >= 11 is 0. The third-order valence-electron chi connectivity index (χ3n) is 3.77. The van der Waals surface area contributed by atoms with E-state index in [0.717, 1.165) is 25.7 Å². The Labute approximate surface area is 163 Å². The van der Waals surface area contributed by atoms with Gasteiger partial charge in [0, 0.05) is 17.8 Å². The second kappa shape index (κ2) is 18.5. The van der Waals surface area contributed by atoms with Crippen LogP contribution in [0, 0.1) is 10.1 Å². The molecule has 149 valence electrons. The van der Waals surface area contributed by atoms with Gasteiger partial charge >= 0.3 is 0 Å². The van der Waals surface area contributed by atoms with Crippen LogP contribution in [0.3, 0.4) is 0 Å². The summed E-state index contributed by atoms with van der Waals surface area (Å²) in [7, 11) is 0. The molecule has 2 unspecified atom stereocenters. The van der Waals surface area contributed by atoms with Crippen molar-refractivity contribution in [3.8, 4) is 0 Å². The average Bonchev–Trinajstić information content (AvgIpc) is 2.65. The Hall–Kier alpha value is -2.27. The lowest BCUT2D eigenvalue weighted by Gasteiger charge is -2.12. The minimum Gasteiger partial charge on any atom is -0.386 e. The number of hydrogen-bond donors (Lipinski definition) is 1. The second-order valence-corrected chi connectivity index (χ2v) is 6.05. The van der Waals surface area contributed by atoms with Crippen molar-refractivity contribution < 1.29 is 14.8 Å². The van der Waals surface area contributed by atoms with E-state index in [1.807, 2.05) is 12.2 Å². The predicted octanol–water partition coefficient (Wildman–Crippen LogP) is 5.02. The molecule has 5 heteroatoms. The van der Waals surface area contributed by atoms with Gasteiger partial charge in [0.25, 0.3) is 0 Å². The topological polar surface area (TPSA) is 80.4 Å². The lowest BCUT2D eigenvalue weighted by atomic mass is 10.0. The molecule has 0 bridgehead atoms. The van der Waals surface area contributed by atoms with Crippen LogP contribution >= 0.6 is 0 Å². The third kappa shape index (κ3) is 15.7. The summed E-state index contributed by atoms with van der Waals surface area (Å²) in [6, 6.07) is -1.03. The number of aliphatic hydroxyl groups is 1. The number of rotatable bonds is 16. The second-order valence-electron chi connectivity index (χ2n) is 6.05. The van der Waals surface area contributed by atoms with Crippen LogP contribution in [-0.2, 0) is 4.79 Å². The lowest BCUT2D eigenvalue weighted by Crippen LogP contribution is -2.32. The highest BCUT2D eigenvalue weighted by molar-refractivity contribution is 5.50. The largest absolute Gasteiger partial charge is 0.386 e. The quantitative estimate of drug-likeness (QED) is 0.178. The molecular formula is C22H32NO4. The Morgan fingerprint density at radius 1 is 0.889 bits per heavy atom. The van der Waals surface area contributed by atoms with Gasteiger partial charge in [-0.2, -0.15) is 0 Å². The molecule has 0 amide bonds. The van der Waals surface area contributed by atoms with E-state index in [-0.39, 0.29) is 19.3 Å². The fourth-order valence-electron chi connectivity index (χ4n) is 2.25. The van der Waals surface area contributed by atoms with Crippen LogP contribution in [-0.4, -0.2) is 28.5 Å². The van der Waals surface area contributed by atoms with Gasteiger partial charge in [0.1, 0.15) is 6.10 Å². The van der Waals surface area contributed by atoms with Gasteiger partial charge in [-0.1, -0.05) is 67.7 Å². The fraction of sp³-hybridized carbons (Fsp3) is 0.500. The molecule has 27 heavy (non-hydrogen) atoms. The molecule has 0 aromatic carbocycles. The van der Waals surface area contributed by atoms with Crippen molar-refractivity contribution in [2.24, 2.45) is 0 Å². The first-order valence-electron chi connectivity index (χ1n) is 9.55. The maximum absolute atomic E-state index is 11.1. The molecule has 0 spiro atoms. The van der Waals surface area contributed by atoms with Crippen molar-refractivity contribution in [2.45, 2.75) is 70.4 Å². The maximum atomic E-state index is 11.1. The van der Waals surface area contributed by atoms with Crippen LogP contribution in [0.1, 0.15) is 58.3 Å². The van der Waals surface area contributed by atoms with Crippen LogP contribution < -0.4 is 0 Å². The van der Waals surface area contributed by atoms with Gasteiger partial charge in [-0.3, -0.25) is 14.9 Å². The van der Waals surface area contributed by atoms with Crippen molar-refractivity contribution in [1.29, 1.82) is 0 Å². The summed E-state index contributed by atoms with van der Waals surface area (Å²) < 4.78 is 0. The molecule has 0 aliphatic heterocycles. The van der Waals surface area contributed by atoms with Gasteiger partial charge in [-0.05, 0) is 38.5 Å². The van der Waals surface area contributed by atoms with Gasteiger partial charge in [0.2, 0.25) is 6.04 Å². The van der Waals surface area contributed by atoms with Gasteiger partial charge in [0.05, 0.1) is 0 Å². The van der Waals surface area contributed by atoms with Crippen LogP contribution in [0.15, 0.2) is 60.8 Å². The zero-order chi connectivity index (χ0) is 20.2. The first kappa shape index (κ1) is 24.7. The molecule has 1 radical (unpaired) electrons. The monoisotopic (exact) mass is 374 g/mol. The van der Waals surface area contributed by atoms with Gasteiger partial charge in [0.15, 0.2) is 6.29 Å². The Morgan fingerprint density at radius 2 is 1.41 bits per heavy atom. The molecule has 0 saturated carbocycles. The van der Waals surface area contributed by atoms with Crippen molar-refractivity contribution in [3.05, 3.63) is 70.9 Å². The highest BCUT2D eigenvalue weighted by Crippen LogP contribution is 2.10. The van der Waals surface area contributed by atoms with Crippen molar-refractivity contribution in [3.63, 3.8) is 0 Å². The van der Waals surface area contributed by atoms with Crippen molar-refractivity contribution in [1.82, 2.24) is 0 Å². The van der Waals surface area contributed by atoms with Crippen LogP contribution in [0.5, 0.6) is 0 Å². The minimum atomic E-state index is -1.03. The number of unbranched alkanes of at least 4 members (excludes halogenated alkanes) is 1. The molecule has 5 nitrogen and oxygen atoms in total. The Morgan fingerprint density at radius 3 is 1.93 bits per heavy atom. The summed E-state index contributed by atoms with van der Waals surface area (Å²) in [5.74, 6) is 0. The van der Waals surface area contributed by atoms with E-state index in [1.165, 1.54) is 0 Å². The van der Waals surface area contributed by atoms with E-state index >= 15 is 0 Å². The highest BCUT2D eigenvalue weighted by Gasteiger charge is 2.27. The van der Waals surface area contributed by atoms with Crippen LogP contribution in [0.25, 0.3) is 0 Å². The van der Waals surface area contributed by atoms with E-state index in [1.54, 1.807) is 24.5 Å². The molecule has 0 heterocycles. The zero-order valence-corrected chi connectivity index (χ0v) is 16.2. The van der Waals surface area contributed by atoms with Crippen LogP contribution in [0.2, 0.25) is 0 Å². The molecular weight excluding hydrogens is 342 g/mol. The summed E-state index contributed by atoms with van der Waals surface area (Å²) in [6.45, 7) is 2.11. The number of allylic oxidation sites excluding steroid dienone is 8. The summed E-state index contributed by atoms with van der Waals surface area (Å²) in [5.41, 5.74) is 0.